The van der Waals surface area contributed by atoms with Crippen LogP contribution in [0.15, 0.2) is 54.7 Å². The van der Waals surface area contributed by atoms with Crippen LogP contribution in [-0.4, -0.2) is 78.3 Å². The van der Waals surface area contributed by atoms with Gasteiger partial charge in [0.05, 0.1) is 36.4 Å². The first-order valence-electron chi connectivity index (χ1n) is 18.7. The van der Waals surface area contributed by atoms with Crippen LogP contribution in [0.4, 0.5) is 30.5 Å². The minimum absolute atomic E-state index is 0.0529. The van der Waals surface area contributed by atoms with E-state index in [1.165, 1.54) is 24.5 Å². The van der Waals surface area contributed by atoms with Gasteiger partial charge in [-0.3, -0.25) is 14.9 Å². The van der Waals surface area contributed by atoms with E-state index in [0.717, 1.165) is 66.2 Å². The lowest BCUT2D eigenvalue weighted by molar-refractivity contribution is -0.138. The van der Waals surface area contributed by atoms with Crippen LogP contribution in [0.5, 0.6) is 0 Å². The molecule has 0 aliphatic carbocycles. The summed E-state index contributed by atoms with van der Waals surface area (Å²) in [5.41, 5.74) is 8.52. The van der Waals surface area contributed by atoms with Crippen LogP contribution >= 0.6 is 0 Å². The Labute approximate surface area is 314 Å². The molecule has 2 unspecified atom stereocenters. The number of pyridine rings is 1. The van der Waals surface area contributed by atoms with Gasteiger partial charge in [0.25, 0.3) is 0 Å². The summed E-state index contributed by atoms with van der Waals surface area (Å²) in [4.78, 5) is 32.1. The SMILES string of the molecule is CC.CN1CCC(c2ccc(C3CCC(=O)NC3=O)cc2)CC1.Cc1nnc(NC(C)c2cc(N)cc(C(F)(F)F)c2)c2cc(N3CCOCC3)ncc12. The third kappa shape index (κ3) is 10.0. The summed E-state index contributed by atoms with van der Waals surface area (Å²) in [6.07, 6.45) is 0.745. The number of alkyl halides is 3. The normalized spacial score (nSPS) is 18.9. The number of likely N-dealkylation sites (tertiary alicyclic amines) is 1. The van der Waals surface area contributed by atoms with Gasteiger partial charge in [0, 0.05) is 42.2 Å². The van der Waals surface area contributed by atoms with E-state index in [0.29, 0.717) is 43.4 Å². The smallest absolute Gasteiger partial charge is 0.399 e. The molecule has 11 nitrogen and oxygen atoms in total. The second kappa shape index (κ2) is 18.0. The highest BCUT2D eigenvalue weighted by atomic mass is 19.4. The Bertz CT molecular complexity index is 1890. The number of nitrogens with zero attached hydrogens (tertiary/aromatic N) is 5. The molecule has 3 fully saturated rings. The molecule has 290 valence electrons. The van der Waals surface area contributed by atoms with Crippen LogP contribution in [0.1, 0.15) is 92.3 Å². The Morgan fingerprint density at radius 1 is 0.926 bits per heavy atom. The van der Waals surface area contributed by atoms with Gasteiger partial charge in [-0.05, 0) is 100 Å². The molecule has 3 aliphatic heterocycles. The minimum atomic E-state index is -4.47. The van der Waals surface area contributed by atoms with Crippen molar-refractivity contribution in [3.8, 4) is 0 Å². The summed E-state index contributed by atoms with van der Waals surface area (Å²) in [7, 11) is 2.17. The highest BCUT2D eigenvalue weighted by molar-refractivity contribution is 6.01. The van der Waals surface area contributed by atoms with E-state index < -0.39 is 17.8 Å². The Morgan fingerprint density at radius 3 is 2.24 bits per heavy atom. The molecule has 0 saturated carbocycles. The molecule has 14 heteroatoms. The molecule has 3 saturated heterocycles. The van der Waals surface area contributed by atoms with Crippen LogP contribution in [-0.2, 0) is 20.5 Å². The van der Waals surface area contributed by atoms with Gasteiger partial charge in [0.2, 0.25) is 11.8 Å². The van der Waals surface area contributed by atoms with Crippen molar-refractivity contribution in [2.45, 2.75) is 77.4 Å². The molecular weight excluding hydrogens is 697 g/mol. The van der Waals surface area contributed by atoms with E-state index in [1.807, 2.05) is 26.8 Å². The average Bonchev–Trinajstić information content (AvgIpc) is 3.17. The van der Waals surface area contributed by atoms with Crippen molar-refractivity contribution < 1.29 is 27.5 Å². The molecule has 7 rings (SSSR count). The number of nitrogens with one attached hydrogen (secondary N) is 2. The second-order valence-electron chi connectivity index (χ2n) is 13.8. The number of nitrogens with two attached hydrogens (primary N) is 1. The molecule has 2 amide bonds. The number of halogens is 3. The number of hydrogen-bond acceptors (Lipinski definition) is 10. The summed E-state index contributed by atoms with van der Waals surface area (Å²) in [6, 6.07) is 13.4. The highest BCUT2D eigenvalue weighted by Gasteiger charge is 2.32. The van der Waals surface area contributed by atoms with Crippen LogP contribution in [0.25, 0.3) is 10.8 Å². The number of ether oxygens (including phenoxy) is 1. The number of aryl methyl sites for hydroxylation is 1. The lowest BCUT2D eigenvalue weighted by Gasteiger charge is -2.29. The first-order valence-corrected chi connectivity index (χ1v) is 18.7. The molecule has 54 heavy (non-hydrogen) atoms. The number of fused-ring (bicyclic) bond motifs is 1. The maximum atomic E-state index is 13.2. The number of benzene rings is 2. The number of amides is 2. The largest absolute Gasteiger partial charge is 0.416 e. The minimum Gasteiger partial charge on any atom is -0.399 e. The fraction of sp³-hybridized carbons (Fsp3) is 0.475. The number of aromatic nitrogens is 3. The third-order valence-corrected chi connectivity index (χ3v) is 10.1. The van der Waals surface area contributed by atoms with E-state index in [2.05, 4.69) is 66.9 Å². The number of hydrogen-bond donors (Lipinski definition) is 3. The molecule has 0 bridgehead atoms. The zero-order chi connectivity index (χ0) is 39.0. The van der Waals surface area contributed by atoms with Crippen LogP contribution in [0, 0.1) is 6.92 Å². The molecular formula is C40H51F3N8O3. The van der Waals surface area contributed by atoms with Crippen molar-refractivity contribution in [2.75, 3.05) is 62.4 Å². The van der Waals surface area contributed by atoms with Gasteiger partial charge in [0.15, 0.2) is 5.82 Å². The summed E-state index contributed by atoms with van der Waals surface area (Å²) in [6.45, 7) is 12.6. The van der Waals surface area contributed by atoms with E-state index in [4.69, 9.17) is 10.5 Å². The van der Waals surface area contributed by atoms with Crippen molar-refractivity contribution in [1.29, 1.82) is 0 Å². The fourth-order valence-electron chi connectivity index (χ4n) is 6.97. The van der Waals surface area contributed by atoms with Gasteiger partial charge in [-0.2, -0.15) is 18.3 Å². The lowest BCUT2D eigenvalue weighted by Crippen LogP contribution is -2.39. The first-order chi connectivity index (χ1) is 25.9. The summed E-state index contributed by atoms with van der Waals surface area (Å²) in [5.74, 6) is 1.42. The van der Waals surface area contributed by atoms with Crippen molar-refractivity contribution in [1.82, 2.24) is 25.4 Å². The number of piperidine rings is 2. The maximum Gasteiger partial charge on any atom is 0.416 e. The van der Waals surface area contributed by atoms with E-state index in [1.54, 1.807) is 13.1 Å². The van der Waals surface area contributed by atoms with Crippen LogP contribution < -0.4 is 21.3 Å². The monoisotopic (exact) mass is 748 g/mol. The van der Waals surface area contributed by atoms with Gasteiger partial charge < -0.3 is 25.6 Å². The fourth-order valence-corrected chi connectivity index (χ4v) is 6.97. The predicted octanol–water partition coefficient (Wildman–Crippen LogP) is 6.99. The molecule has 5 heterocycles. The zero-order valence-corrected chi connectivity index (χ0v) is 31.7. The topological polar surface area (TPSA) is 139 Å². The summed E-state index contributed by atoms with van der Waals surface area (Å²) in [5, 5.41) is 15.7. The number of carbonyl (C=O) groups is 2. The van der Waals surface area contributed by atoms with Crippen molar-refractivity contribution in [2.24, 2.45) is 0 Å². The molecule has 3 aliphatic rings. The van der Waals surface area contributed by atoms with E-state index in [9.17, 15) is 22.8 Å². The van der Waals surface area contributed by atoms with Gasteiger partial charge in [0.1, 0.15) is 5.82 Å². The van der Waals surface area contributed by atoms with Gasteiger partial charge >= 0.3 is 6.18 Å². The first kappa shape index (κ1) is 40.4. The lowest BCUT2D eigenvalue weighted by atomic mass is 9.86. The van der Waals surface area contributed by atoms with E-state index >= 15 is 0 Å². The van der Waals surface area contributed by atoms with E-state index in [-0.39, 0.29) is 23.4 Å². The highest BCUT2D eigenvalue weighted by Crippen LogP contribution is 2.35. The Morgan fingerprint density at radius 2 is 1.59 bits per heavy atom. The third-order valence-electron chi connectivity index (χ3n) is 10.1. The summed E-state index contributed by atoms with van der Waals surface area (Å²) < 4.78 is 45.0. The van der Waals surface area contributed by atoms with Crippen LogP contribution in [0.3, 0.4) is 0 Å². The van der Waals surface area contributed by atoms with Gasteiger partial charge in [-0.1, -0.05) is 38.1 Å². The summed E-state index contributed by atoms with van der Waals surface area (Å²) >= 11 is 0. The molecule has 2 aromatic carbocycles. The quantitative estimate of drug-likeness (QED) is 0.140. The second-order valence-corrected chi connectivity index (χ2v) is 13.8. The van der Waals surface area contributed by atoms with Crippen LogP contribution in [0.2, 0.25) is 0 Å². The molecule has 2 aromatic heterocycles. The number of nitrogen functional groups attached to an aromatic ring is 1. The molecule has 0 spiro atoms. The van der Waals surface area contributed by atoms with Gasteiger partial charge in [-0.25, -0.2) is 4.98 Å². The Kier molecular flexibility index (Phi) is 13.5. The number of anilines is 3. The Hall–Kier alpha value is -4.82. The van der Waals surface area contributed by atoms with Crippen molar-refractivity contribution in [3.63, 3.8) is 0 Å². The number of rotatable bonds is 6. The number of morpholine rings is 1. The standard InChI is InChI=1S/C21H23F3N6O.C17H22N2O2.C2H6/c1-12(14-7-15(21(22,23)24)9-16(25)8-14)27-20-17-10-19(30-3-5-31-6-4-30)26-11-18(17)13(2)28-29-20;1-19-10-8-13(9-11-19)12-2-4-14(5-3-12)15-6-7-16(20)18-17(15)21;1-2/h7-12H,3-6,25H2,1-2H3,(H,27,29);2-5,13,15H,6-11H2,1H3,(H,18,20,21);1-2H3. The Balaban J connectivity index is 0.000000212. The number of carbonyl (C=O) groups excluding carboxylic acids is 2. The maximum absolute atomic E-state index is 13.2. The molecule has 0 radical (unpaired) electrons. The zero-order valence-electron chi connectivity index (χ0n) is 31.7. The van der Waals surface area contributed by atoms with Crippen molar-refractivity contribution >= 4 is 39.9 Å². The average molecular weight is 749 g/mol. The molecule has 4 aromatic rings. The molecule has 4 N–H and O–H groups in total. The number of imide groups is 1. The predicted molar refractivity (Wildman–Crippen MR) is 205 cm³/mol. The van der Waals surface area contributed by atoms with Gasteiger partial charge in [-0.15, -0.1) is 5.10 Å². The van der Waals surface area contributed by atoms with Crippen molar-refractivity contribution in [3.05, 3.63) is 82.7 Å². The molecule has 2 atom stereocenters.